The van der Waals surface area contributed by atoms with Crippen LogP contribution in [0.15, 0.2) is 11.1 Å². The van der Waals surface area contributed by atoms with Crippen LogP contribution in [0.3, 0.4) is 0 Å². The van der Waals surface area contributed by atoms with Gasteiger partial charge in [0.1, 0.15) is 29.0 Å². The first kappa shape index (κ1) is 21.4. The van der Waals surface area contributed by atoms with Crippen LogP contribution in [0.2, 0.25) is 0 Å². The summed E-state index contributed by atoms with van der Waals surface area (Å²) in [7, 11) is 0. The molecule has 0 aromatic carbocycles. The Balaban J connectivity index is 1.74. The Morgan fingerprint density at radius 3 is 2.72 bits per heavy atom. The average molecular weight is 423 g/mol. The van der Waals surface area contributed by atoms with Crippen molar-refractivity contribution in [3.63, 3.8) is 0 Å². The second-order valence-corrected chi connectivity index (χ2v) is 8.00. The number of aryl methyl sites for hydroxylation is 1. The number of fused-ring (bicyclic) bond motifs is 1. The molecule has 0 saturated heterocycles. The van der Waals surface area contributed by atoms with Crippen LogP contribution < -0.4 is 5.56 Å². The van der Waals surface area contributed by atoms with Gasteiger partial charge in [-0.25, -0.2) is 9.78 Å². The van der Waals surface area contributed by atoms with Crippen molar-refractivity contribution in [2.45, 2.75) is 58.6 Å². The van der Waals surface area contributed by atoms with E-state index in [-0.39, 0.29) is 24.8 Å². The van der Waals surface area contributed by atoms with E-state index in [2.05, 4.69) is 4.98 Å². The van der Waals surface area contributed by atoms with Crippen LogP contribution in [-0.4, -0.2) is 47.4 Å². The van der Waals surface area contributed by atoms with E-state index in [9.17, 15) is 14.4 Å². The van der Waals surface area contributed by atoms with Crippen molar-refractivity contribution in [2.75, 3.05) is 19.8 Å². The molecule has 158 valence electrons. The molecular formula is C20H26N2O6S. The number of hydrogen-bond acceptors (Lipinski definition) is 8. The van der Waals surface area contributed by atoms with E-state index in [0.29, 0.717) is 33.9 Å². The number of ether oxygens (including phenoxy) is 3. The van der Waals surface area contributed by atoms with Gasteiger partial charge in [-0.15, -0.1) is 11.3 Å². The molecule has 1 aliphatic rings. The lowest BCUT2D eigenvalue weighted by molar-refractivity contribution is -0.145. The van der Waals surface area contributed by atoms with Gasteiger partial charge in [-0.3, -0.25) is 14.2 Å². The second-order valence-electron chi connectivity index (χ2n) is 7.00. The molecule has 0 atom stereocenters. The molecular weight excluding hydrogens is 396 g/mol. The monoisotopic (exact) mass is 422 g/mol. The summed E-state index contributed by atoms with van der Waals surface area (Å²) in [5.41, 5.74) is 0.171. The lowest BCUT2D eigenvalue weighted by Crippen LogP contribution is -2.26. The first-order chi connectivity index (χ1) is 14.0. The maximum atomic E-state index is 12.8. The Morgan fingerprint density at radius 2 is 2.00 bits per heavy atom. The third-order valence-electron chi connectivity index (χ3n) is 4.92. The normalized spacial score (nSPS) is 14.8. The summed E-state index contributed by atoms with van der Waals surface area (Å²) in [6.07, 6.45) is 6.32. The van der Waals surface area contributed by atoms with Gasteiger partial charge < -0.3 is 14.2 Å². The number of hydrogen-bond donors (Lipinski definition) is 0. The van der Waals surface area contributed by atoms with Gasteiger partial charge in [-0.1, -0.05) is 6.42 Å². The van der Waals surface area contributed by atoms with E-state index >= 15 is 0 Å². The van der Waals surface area contributed by atoms with Crippen molar-refractivity contribution >= 4 is 33.5 Å². The van der Waals surface area contributed by atoms with Gasteiger partial charge in [0, 0.05) is 6.61 Å². The van der Waals surface area contributed by atoms with Crippen molar-refractivity contribution in [3.05, 3.63) is 27.1 Å². The Bertz CT molecular complexity index is 929. The molecule has 0 N–H and O–H groups in total. The Hall–Kier alpha value is -2.26. The molecule has 1 aliphatic carbocycles. The minimum atomic E-state index is -0.544. The Morgan fingerprint density at radius 1 is 1.24 bits per heavy atom. The van der Waals surface area contributed by atoms with Gasteiger partial charge >= 0.3 is 11.9 Å². The van der Waals surface area contributed by atoms with Gasteiger partial charge in [-0.05, 0) is 45.1 Å². The summed E-state index contributed by atoms with van der Waals surface area (Å²) in [5, 5.41) is 0.343. The van der Waals surface area contributed by atoms with Crippen molar-refractivity contribution < 1.29 is 23.8 Å². The SMILES string of the molecule is CCOCCOC(=O)Cn1cnc2sc(C(=O)OC3CCCCC3)c(C)c2c1=O. The highest BCUT2D eigenvalue weighted by Crippen LogP contribution is 2.29. The van der Waals surface area contributed by atoms with Crippen LogP contribution in [0.4, 0.5) is 0 Å². The van der Waals surface area contributed by atoms with Crippen LogP contribution in [0.1, 0.15) is 54.3 Å². The molecule has 1 saturated carbocycles. The first-order valence-corrected chi connectivity index (χ1v) is 10.8. The van der Waals surface area contributed by atoms with Crippen LogP contribution in [0.5, 0.6) is 0 Å². The van der Waals surface area contributed by atoms with E-state index in [4.69, 9.17) is 14.2 Å². The third kappa shape index (κ3) is 5.22. The van der Waals surface area contributed by atoms with Crippen LogP contribution in [-0.2, 0) is 25.5 Å². The maximum Gasteiger partial charge on any atom is 0.348 e. The summed E-state index contributed by atoms with van der Waals surface area (Å²) in [6.45, 7) is 4.30. The van der Waals surface area contributed by atoms with Crippen molar-refractivity contribution in [3.8, 4) is 0 Å². The minimum absolute atomic E-state index is 0.0584. The van der Waals surface area contributed by atoms with Crippen molar-refractivity contribution in [2.24, 2.45) is 0 Å². The third-order valence-corrected chi connectivity index (χ3v) is 6.10. The van der Waals surface area contributed by atoms with Crippen LogP contribution in [0, 0.1) is 6.92 Å². The number of aromatic nitrogens is 2. The van der Waals surface area contributed by atoms with Gasteiger partial charge in [0.25, 0.3) is 5.56 Å². The fourth-order valence-electron chi connectivity index (χ4n) is 3.40. The van der Waals surface area contributed by atoms with Crippen LogP contribution >= 0.6 is 11.3 Å². The summed E-state index contributed by atoms with van der Waals surface area (Å²) in [5.74, 6) is -0.948. The number of esters is 2. The molecule has 2 aromatic rings. The largest absolute Gasteiger partial charge is 0.462 e. The zero-order valence-corrected chi connectivity index (χ0v) is 17.6. The molecule has 0 unspecified atom stereocenters. The van der Waals surface area contributed by atoms with E-state index in [0.717, 1.165) is 37.0 Å². The summed E-state index contributed by atoms with van der Waals surface area (Å²) >= 11 is 1.15. The smallest absolute Gasteiger partial charge is 0.348 e. The first-order valence-electron chi connectivity index (χ1n) is 9.94. The molecule has 2 aromatic heterocycles. The molecule has 0 spiro atoms. The van der Waals surface area contributed by atoms with Crippen molar-refractivity contribution in [1.29, 1.82) is 0 Å². The fraction of sp³-hybridized carbons (Fsp3) is 0.600. The molecule has 0 bridgehead atoms. The molecule has 2 heterocycles. The predicted molar refractivity (Wildman–Crippen MR) is 108 cm³/mol. The molecule has 3 rings (SSSR count). The standard InChI is InChI=1S/C20H26N2O6S/c1-3-26-9-10-27-15(23)11-22-12-21-18-16(19(22)24)13(2)17(29-18)20(25)28-14-7-5-4-6-8-14/h12,14H,3-11H2,1-2H3. The molecule has 8 nitrogen and oxygen atoms in total. The summed E-state index contributed by atoms with van der Waals surface area (Å²) < 4.78 is 17.0. The van der Waals surface area contributed by atoms with E-state index in [1.165, 1.54) is 17.3 Å². The van der Waals surface area contributed by atoms with E-state index in [1.54, 1.807) is 6.92 Å². The highest BCUT2D eigenvalue weighted by atomic mass is 32.1. The van der Waals surface area contributed by atoms with E-state index in [1.807, 2.05) is 6.92 Å². The van der Waals surface area contributed by atoms with Crippen molar-refractivity contribution in [1.82, 2.24) is 9.55 Å². The van der Waals surface area contributed by atoms with Gasteiger partial charge in [0.15, 0.2) is 0 Å². The van der Waals surface area contributed by atoms with E-state index < -0.39 is 11.9 Å². The molecule has 0 radical (unpaired) electrons. The maximum absolute atomic E-state index is 12.8. The summed E-state index contributed by atoms with van der Waals surface area (Å²) in [4.78, 5) is 42.5. The predicted octanol–water partition coefficient (Wildman–Crippen LogP) is 2.84. The quantitative estimate of drug-likeness (QED) is 0.477. The molecule has 29 heavy (non-hydrogen) atoms. The Labute approximate surface area is 172 Å². The topological polar surface area (TPSA) is 96.7 Å². The zero-order valence-electron chi connectivity index (χ0n) is 16.8. The molecule has 0 amide bonds. The molecule has 0 aliphatic heterocycles. The molecule has 1 fully saturated rings. The average Bonchev–Trinajstić information content (AvgIpc) is 3.05. The number of nitrogens with zero attached hydrogens (tertiary/aromatic N) is 2. The van der Waals surface area contributed by atoms with Gasteiger partial charge in [0.2, 0.25) is 0 Å². The Kier molecular flexibility index (Phi) is 7.38. The molecule has 9 heteroatoms. The number of rotatable bonds is 8. The number of carbonyl (C=O) groups is 2. The second kappa shape index (κ2) is 9.98. The fourth-order valence-corrected chi connectivity index (χ4v) is 4.42. The highest BCUT2D eigenvalue weighted by molar-refractivity contribution is 7.20. The zero-order chi connectivity index (χ0) is 20.8. The lowest BCUT2D eigenvalue weighted by atomic mass is 9.98. The minimum Gasteiger partial charge on any atom is -0.462 e. The van der Waals surface area contributed by atoms with Crippen LogP contribution in [0.25, 0.3) is 10.2 Å². The lowest BCUT2D eigenvalue weighted by Gasteiger charge is -2.21. The summed E-state index contributed by atoms with van der Waals surface area (Å²) in [6, 6.07) is 0. The van der Waals surface area contributed by atoms with Gasteiger partial charge in [0.05, 0.1) is 18.3 Å². The number of carbonyl (C=O) groups excluding carboxylic acids is 2. The highest BCUT2D eigenvalue weighted by Gasteiger charge is 2.24. The number of thiophene rings is 1. The van der Waals surface area contributed by atoms with Gasteiger partial charge in [-0.2, -0.15) is 0 Å².